The predicted octanol–water partition coefficient (Wildman–Crippen LogP) is 3.46. The number of carbonyl (C=O) groups is 1. The molecule has 3 nitrogen and oxygen atoms in total. The molecule has 0 heterocycles. The molecule has 2 rings (SSSR count). The van der Waals surface area contributed by atoms with Gasteiger partial charge in [-0.2, -0.15) is 0 Å². The second kappa shape index (κ2) is 7.23. The van der Waals surface area contributed by atoms with Gasteiger partial charge in [0.1, 0.15) is 5.82 Å². The fourth-order valence-electron chi connectivity index (χ4n) is 3.22. The standard InChI is InChI=1S/C16H22ClFN2O/c1-2-20(15-6-4-3-5-11(15)10-19)16(21)13-8-7-12(17)9-14(13)18/h7-9,11,15H,2-6,10,19H2,1H3. The van der Waals surface area contributed by atoms with Crippen LogP contribution in [0.25, 0.3) is 0 Å². The zero-order valence-electron chi connectivity index (χ0n) is 12.3. The van der Waals surface area contributed by atoms with Crippen molar-refractivity contribution < 1.29 is 9.18 Å². The fraction of sp³-hybridized carbons (Fsp3) is 0.562. The van der Waals surface area contributed by atoms with Crippen molar-refractivity contribution in [2.24, 2.45) is 11.7 Å². The maximum Gasteiger partial charge on any atom is 0.257 e. The van der Waals surface area contributed by atoms with Crippen LogP contribution in [0.15, 0.2) is 18.2 Å². The van der Waals surface area contributed by atoms with Crippen molar-refractivity contribution in [3.05, 3.63) is 34.6 Å². The number of benzene rings is 1. The van der Waals surface area contributed by atoms with Gasteiger partial charge in [0.25, 0.3) is 5.91 Å². The largest absolute Gasteiger partial charge is 0.336 e. The zero-order chi connectivity index (χ0) is 15.4. The Kier molecular flexibility index (Phi) is 5.59. The molecule has 0 aromatic heterocycles. The number of nitrogens with two attached hydrogens (primary N) is 1. The number of halogens is 2. The highest BCUT2D eigenvalue weighted by molar-refractivity contribution is 6.30. The quantitative estimate of drug-likeness (QED) is 0.925. The van der Waals surface area contributed by atoms with Crippen LogP contribution in [-0.4, -0.2) is 29.9 Å². The molecule has 2 N–H and O–H groups in total. The molecule has 0 spiro atoms. The molecule has 1 fully saturated rings. The maximum atomic E-state index is 14.0. The lowest BCUT2D eigenvalue weighted by Gasteiger charge is -2.39. The van der Waals surface area contributed by atoms with E-state index in [1.165, 1.54) is 12.1 Å². The monoisotopic (exact) mass is 312 g/mol. The Morgan fingerprint density at radius 3 is 2.76 bits per heavy atom. The van der Waals surface area contributed by atoms with E-state index in [1.54, 1.807) is 11.0 Å². The minimum Gasteiger partial charge on any atom is -0.336 e. The Morgan fingerprint density at radius 2 is 2.14 bits per heavy atom. The molecule has 1 saturated carbocycles. The van der Waals surface area contributed by atoms with Crippen LogP contribution in [0, 0.1) is 11.7 Å². The third-order valence-corrected chi connectivity index (χ3v) is 4.57. The summed E-state index contributed by atoms with van der Waals surface area (Å²) in [5, 5.41) is 0.296. The molecule has 1 amide bonds. The van der Waals surface area contributed by atoms with Crippen molar-refractivity contribution in [2.75, 3.05) is 13.1 Å². The van der Waals surface area contributed by atoms with Gasteiger partial charge in [-0.1, -0.05) is 24.4 Å². The van der Waals surface area contributed by atoms with Crippen molar-refractivity contribution in [1.29, 1.82) is 0 Å². The van der Waals surface area contributed by atoms with Gasteiger partial charge >= 0.3 is 0 Å². The summed E-state index contributed by atoms with van der Waals surface area (Å²) in [4.78, 5) is 14.4. The summed E-state index contributed by atoms with van der Waals surface area (Å²) in [5.74, 6) is -0.527. The summed E-state index contributed by atoms with van der Waals surface area (Å²) < 4.78 is 14.0. The van der Waals surface area contributed by atoms with Gasteiger partial charge in [-0.3, -0.25) is 4.79 Å². The summed E-state index contributed by atoms with van der Waals surface area (Å²) in [7, 11) is 0. The first kappa shape index (κ1) is 16.2. The van der Waals surface area contributed by atoms with Gasteiger partial charge in [-0.25, -0.2) is 4.39 Å². The molecule has 0 saturated heterocycles. The normalized spacial score (nSPS) is 22.1. The summed E-state index contributed by atoms with van der Waals surface area (Å²) in [6, 6.07) is 4.30. The molecule has 116 valence electrons. The van der Waals surface area contributed by atoms with Crippen LogP contribution < -0.4 is 5.73 Å². The smallest absolute Gasteiger partial charge is 0.257 e. The van der Waals surface area contributed by atoms with Crippen LogP contribution in [-0.2, 0) is 0 Å². The van der Waals surface area contributed by atoms with Gasteiger partial charge < -0.3 is 10.6 Å². The average Bonchev–Trinajstić information content (AvgIpc) is 2.48. The first-order chi connectivity index (χ1) is 10.1. The average molecular weight is 313 g/mol. The molecule has 2 unspecified atom stereocenters. The number of carbonyl (C=O) groups excluding carboxylic acids is 1. The highest BCUT2D eigenvalue weighted by Crippen LogP contribution is 2.29. The Hall–Kier alpha value is -1.13. The first-order valence-corrected chi connectivity index (χ1v) is 7.92. The summed E-state index contributed by atoms with van der Waals surface area (Å²) in [6.07, 6.45) is 4.22. The number of hydrogen-bond donors (Lipinski definition) is 1. The molecule has 0 aliphatic heterocycles. The Bertz CT molecular complexity index is 509. The van der Waals surface area contributed by atoms with Crippen molar-refractivity contribution >= 4 is 17.5 Å². The van der Waals surface area contributed by atoms with Crippen LogP contribution in [0.3, 0.4) is 0 Å². The topological polar surface area (TPSA) is 46.3 Å². The summed E-state index contributed by atoms with van der Waals surface area (Å²) >= 11 is 5.75. The highest BCUT2D eigenvalue weighted by atomic mass is 35.5. The lowest BCUT2D eigenvalue weighted by molar-refractivity contribution is 0.0555. The lowest BCUT2D eigenvalue weighted by Crippen LogP contribution is -2.48. The molecule has 1 aromatic rings. The number of hydrogen-bond acceptors (Lipinski definition) is 2. The number of nitrogens with zero attached hydrogens (tertiary/aromatic N) is 1. The van der Waals surface area contributed by atoms with Crippen molar-refractivity contribution in [2.45, 2.75) is 38.6 Å². The van der Waals surface area contributed by atoms with E-state index in [0.717, 1.165) is 25.7 Å². The minimum absolute atomic E-state index is 0.0857. The third-order valence-electron chi connectivity index (χ3n) is 4.34. The van der Waals surface area contributed by atoms with E-state index in [1.807, 2.05) is 6.92 Å². The number of rotatable bonds is 4. The van der Waals surface area contributed by atoms with Crippen molar-refractivity contribution in [3.8, 4) is 0 Å². The number of amides is 1. The predicted molar refractivity (Wildman–Crippen MR) is 82.9 cm³/mol. The van der Waals surface area contributed by atoms with Gasteiger partial charge in [-0.15, -0.1) is 0 Å². The minimum atomic E-state index is -0.564. The molecule has 21 heavy (non-hydrogen) atoms. The summed E-state index contributed by atoms with van der Waals surface area (Å²) in [6.45, 7) is 3.05. The van der Waals surface area contributed by atoms with E-state index in [4.69, 9.17) is 17.3 Å². The second-order valence-corrected chi connectivity index (χ2v) is 6.00. The molecule has 1 aromatic carbocycles. The highest BCUT2D eigenvalue weighted by Gasteiger charge is 2.32. The maximum absolute atomic E-state index is 14.0. The van der Waals surface area contributed by atoms with Gasteiger partial charge in [-0.05, 0) is 50.4 Å². The van der Waals surface area contributed by atoms with Crippen LogP contribution in [0.4, 0.5) is 4.39 Å². The molecule has 1 aliphatic carbocycles. The van der Waals surface area contributed by atoms with Gasteiger partial charge in [0, 0.05) is 17.6 Å². The van der Waals surface area contributed by atoms with Crippen LogP contribution >= 0.6 is 11.6 Å². The fourth-order valence-corrected chi connectivity index (χ4v) is 3.38. The van der Waals surface area contributed by atoms with Gasteiger partial charge in [0.2, 0.25) is 0 Å². The molecule has 5 heteroatoms. The van der Waals surface area contributed by atoms with Crippen molar-refractivity contribution in [3.63, 3.8) is 0 Å². The second-order valence-electron chi connectivity index (χ2n) is 5.56. The molecular formula is C16H22ClFN2O. The van der Waals surface area contributed by atoms with E-state index in [2.05, 4.69) is 0 Å². The molecule has 1 aliphatic rings. The third kappa shape index (κ3) is 3.55. The Balaban J connectivity index is 2.25. The van der Waals surface area contributed by atoms with Crippen LogP contribution in [0.5, 0.6) is 0 Å². The zero-order valence-corrected chi connectivity index (χ0v) is 13.1. The lowest BCUT2D eigenvalue weighted by atomic mass is 9.83. The van der Waals surface area contributed by atoms with Crippen molar-refractivity contribution in [1.82, 2.24) is 4.90 Å². The Morgan fingerprint density at radius 1 is 1.43 bits per heavy atom. The van der Waals surface area contributed by atoms with Gasteiger partial charge in [0.15, 0.2) is 0 Å². The molecule has 0 bridgehead atoms. The van der Waals surface area contributed by atoms with E-state index in [-0.39, 0.29) is 17.5 Å². The van der Waals surface area contributed by atoms with E-state index >= 15 is 0 Å². The van der Waals surface area contributed by atoms with E-state index < -0.39 is 5.82 Å². The van der Waals surface area contributed by atoms with E-state index in [0.29, 0.717) is 24.0 Å². The summed E-state index contributed by atoms with van der Waals surface area (Å²) in [5.41, 5.74) is 5.93. The molecule has 2 atom stereocenters. The van der Waals surface area contributed by atoms with Crippen LogP contribution in [0.1, 0.15) is 43.0 Å². The first-order valence-electron chi connectivity index (χ1n) is 7.54. The van der Waals surface area contributed by atoms with E-state index in [9.17, 15) is 9.18 Å². The van der Waals surface area contributed by atoms with Crippen LogP contribution in [0.2, 0.25) is 5.02 Å². The SMILES string of the molecule is CCN(C(=O)c1ccc(Cl)cc1F)C1CCCCC1CN. The molecular weight excluding hydrogens is 291 g/mol. The Labute approximate surface area is 130 Å². The van der Waals surface area contributed by atoms with Gasteiger partial charge in [0.05, 0.1) is 5.56 Å². The molecule has 0 radical (unpaired) electrons.